The van der Waals surface area contributed by atoms with E-state index in [0.29, 0.717) is 24.6 Å². The van der Waals surface area contributed by atoms with E-state index in [1.807, 2.05) is 11.0 Å². The maximum atomic E-state index is 12.8. The molecule has 0 aliphatic carbocycles. The molecule has 2 fully saturated rings. The van der Waals surface area contributed by atoms with E-state index in [2.05, 4.69) is 5.32 Å². The Labute approximate surface area is 147 Å². The molecule has 2 heterocycles. The molecule has 3 rings (SSSR count). The van der Waals surface area contributed by atoms with Crippen LogP contribution in [-0.4, -0.2) is 63.7 Å². The average molecular weight is 347 g/mol. The van der Waals surface area contributed by atoms with Gasteiger partial charge in [-0.3, -0.25) is 9.59 Å². The second-order valence-electron chi connectivity index (χ2n) is 6.37. The summed E-state index contributed by atoms with van der Waals surface area (Å²) in [4.78, 5) is 28.8. The van der Waals surface area contributed by atoms with Crippen LogP contribution in [0.1, 0.15) is 12.8 Å². The third-order valence-corrected chi connectivity index (χ3v) is 4.80. The molecule has 0 bridgehead atoms. The number of benzene rings is 1. The van der Waals surface area contributed by atoms with Gasteiger partial charge in [0.2, 0.25) is 11.8 Å². The van der Waals surface area contributed by atoms with Gasteiger partial charge in [-0.2, -0.15) is 0 Å². The molecule has 2 aliphatic rings. The Morgan fingerprint density at radius 1 is 1.16 bits per heavy atom. The molecule has 136 valence electrons. The Morgan fingerprint density at radius 2 is 1.96 bits per heavy atom. The van der Waals surface area contributed by atoms with E-state index in [1.54, 1.807) is 31.3 Å². The van der Waals surface area contributed by atoms with Gasteiger partial charge < -0.3 is 24.6 Å². The van der Waals surface area contributed by atoms with Gasteiger partial charge in [-0.1, -0.05) is 0 Å². The number of carbonyl (C=O) groups excluding carboxylic acids is 2. The highest BCUT2D eigenvalue weighted by Crippen LogP contribution is 2.34. The summed E-state index contributed by atoms with van der Waals surface area (Å²) < 4.78 is 10.5. The highest BCUT2D eigenvalue weighted by Gasteiger charge is 2.37. The Kier molecular flexibility index (Phi) is 5.43. The number of nitrogens with zero attached hydrogens (tertiary/aromatic N) is 2. The lowest BCUT2D eigenvalue weighted by molar-refractivity contribution is -0.135. The lowest BCUT2D eigenvalue weighted by Crippen LogP contribution is -2.39. The van der Waals surface area contributed by atoms with Gasteiger partial charge >= 0.3 is 0 Å². The van der Waals surface area contributed by atoms with E-state index < -0.39 is 0 Å². The third kappa shape index (κ3) is 3.71. The number of anilines is 1. The Balaban J connectivity index is 1.72. The van der Waals surface area contributed by atoms with Crippen molar-refractivity contribution < 1.29 is 19.1 Å². The van der Waals surface area contributed by atoms with Crippen molar-refractivity contribution in [2.75, 3.05) is 51.8 Å². The topological polar surface area (TPSA) is 71.1 Å². The van der Waals surface area contributed by atoms with Crippen molar-refractivity contribution in [2.45, 2.75) is 12.8 Å². The molecule has 7 nitrogen and oxygen atoms in total. The minimum Gasteiger partial charge on any atom is -0.493 e. The van der Waals surface area contributed by atoms with Crippen LogP contribution in [-0.2, 0) is 9.59 Å². The van der Waals surface area contributed by atoms with E-state index in [9.17, 15) is 9.59 Å². The normalized spacial score (nSPS) is 21.2. The standard InChI is InChI=1S/C18H25N3O4/c1-24-15-5-4-14(11-16(15)25-2)21-12-13(10-17(21)22)18(23)20-8-3-6-19-7-9-20/h4-5,11,13,19H,3,6-10,12H2,1-2H3/t13-/m0/s1. The molecule has 0 spiro atoms. The van der Waals surface area contributed by atoms with Crippen LogP contribution in [0.5, 0.6) is 11.5 Å². The number of rotatable bonds is 4. The van der Waals surface area contributed by atoms with Gasteiger partial charge in [0.15, 0.2) is 11.5 Å². The lowest BCUT2D eigenvalue weighted by Gasteiger charge is -2.24. The number of carbonyl (C=O) groups is 2. The van der Waals surface area contributed by atoms with Crippen LogP contribution in [0.2, 0.25) is 0 Å². The SMILES string of the molecule is COc1ccc(N2C[C@@H](C(=O)N3CCCNCC3)CC2=O)cc1OC. The first-order valence-electron chi connectivity index (χ1n) is 8.66. The van der Waals surface area contributed by atoms with Gasteiger partial charge in [0.05, 0.1) is 20.1 Å². The molecule has 1 N–H and O–H groups in total. The first-order chi connectivity index (χ1) is 12.1. The summed E-state index contributed by atoms with van der Waals surface area (Å²) in [5.74, 6) is 0.959. The monoisotopic (exact) mass is 347 g/mol. The van der Waals surface area contributed by atoms with E-state index in [4.69, 9.17) is 9.47 Å². The largest absolute Gasteiger partial charge is 0.493 e. The molecular weight excluding hydrogens is 322 g/mol. The van der Waals surface area contributed by atoms with Gasteiger partial charge in [-0.05, 0) is 25.1 Å². The van der Waals surface area contributed by atoms with Crippen molar-refractivity contribution >= 4 is 17.5 Å². The van der Waals surface area contributed by atoms with E-state index in [1.165, 1.54) is 0 Å². The predicted octanol–water partition coefficient (Wildman–Crippen LogP) is 0.879. The van der Waals surface area contributed by atoms with Crippen LogP contribution >= 0.6 is 0 Å². The van der Waals surface area contributed by atoms with Crippen LogP contribution in [0.15, 0.2) is 18.2 Å². The summed E-state index contributed by atoms with van der Waals surface area (Å²) >= 11 is 0. The number of nitrogens with one attached hydrogen (secondary N) is 1. The fraction of sp³-hybridized carbons (Fsp3) is 0.556. The maximum absolute atomic E-state index is 12.8. The molecular formula is C18H25N3O4. The maximum Gasteiger partial charge on any atom is 0.228 e. The van der Waals surface area contributed by atoms with E-state index in [0.717, 1.165) is 31.7 Å². The number of ether oxygens (including phenoxy) is 2. The summed E-state index contributed by atoms with van der Waals surface area (Å²) in [6, 6.07) is 5.37. The minimum absolute atomic E-state index is 0.0292. The van der Waals surface area contributed by atoms with Crippen molar-refractivity contribution in [3.8, 4) is 11.5 Å². The first-order valence-corrected chi connectivity index (χ1v) is 8.66. The van der Waals surface area contributed by atoms with Gasteiger partial charge in [0.25, 0.3) is 0 Å². The van der Waals surface area contributed by atoms with Crippen LogP contribution in [0.4, 0.5) is 5.69 Å². The van der Waals surface area contributed by atoms with Crippen LogP contribution in [0.25, 0.3) is 0 Å². The van der Waals surface area contributed by atoms with Crippen LogP contribution in [0.3, 0.4) is 0 Å². The predicted molar refractivity (Wildman–Crippen MR) is 94.1 cm³/mol. The molecule has 0 aromatic heterocycles. The average Bonchev–Trinajstić information content (AvgIpc) is 2.85. The van der Waals surface area contributed by atoms with E-state index in [-0.39, 0.29) is 24.2 Å². The molecule has 0 saturated carbocycles. The van der Waals surface area contributed by atoms with Gasteiger partial charge in [0.1, 0.15) is 0 Å². The Hall–Kier alpha value is -2.28. The van der Waals surface area contributed by atoms with Crippen molar-refractivity contribution in [1.82, 2.24) is 10.2 Å². The molecule has 0 radical (unpaired) electrons. The summed E-state index contributed by atoms with van der Waals surface area (Å²) in [6.45, 7) is 3.63. The summed E-state index contributed by atoms with van der Waals surface area (Å²) in [5, 5.41) is 3.29. The van der Waals surface area contributed by atoms with Crippen molar-refractivity contribution in [3.63, 3.8) is 0 Å². The molecule has 7 heteroatoms. The zero-order chi connectivity index (χ0) is 17.8. The highest BCUT2D eigenvalue weighted by atomic mass is 16.5. The molecule has 2 saturated heterocycles. The second-order valence-corrected chi connectivity index (χ2v) is 6.37. The fourth-order valence-electron chi connectivity index (χ4n) is 3.44. The Bertz CT molecular complexity index is 641. The van der Waals surface area contributed by atoms with Crippen LogP contribution in [0, 0.1) is 5.92 Å². The van der Waals surface area contributed by atoms with Crippen LogP contribution < -0.4 is 19.7 Å². The minimum atomic E-state index is -0.279. The van der Waals surface area contributed by atoms with Gasteiger partial charge in [-0.25, -0.2) is 0 Å². The zero-order valence-corrected chi connectivity index (χ0v) is 14.8. The molecule has 25 heavy (non-hydrogen) atoms. The Morgan fingerprint density at radius 3 is 2.72 bits per heavy atom. The third-order valence-electron chi connectivity index (χ3n) is 4.80. The first kappa shape index (κ1) is 17.5. The summed E-state index contributed by atoms with van der Waals surface area (Å²) in [5.41, 5.74) is 0.732. The van der Waals surface area contributed by atoms with Gasteiger partial charge in [-0.15, -0.1) is 0 Å². The summed E-state index contributed by atoms with van der Waals surface area (Å²) in [6.07, 6.45) is 1.21. The zero-order valence-electron chi connectivity index (χ0n) is 14.8. The smallest absolute Gasteiger partial charge is 0.228 e. The quantitative estimate of drug-likeness (QED) is 0.875. The van der Waals surface area contributed by atoms with Crippen molar-refractivity contribution in [3.05, 3.63) is 18.2 Å². The lowest BCUT2D eigenvalue weighted by atomic mass is 10.1. The molecule has 1 aromatic rings. The molecule has 1 aromatic carbocycles. The van der Waals surface area contributed by atoms with Gasteiger partial charge in [0, 0.05) is 44.4 Å². The molecule has 2 amide bonds. The fourth-order valence-corrected chi connectivity index (χ4v) is 3.44. The van der Waals surface area contributed by atoms with Crippen molar-refractivity contribution in [1.29, 1.82) is 0 Å². The number of hydrogen-bond donors (Lipinski definition) is 1. The molecule has 1 atom stereocenters. The second kappa shape index (κ2) is 7.74. The molecule has 0 unspecified atom stereocenters. The summed E-state index contributed by atoms with van der Waals surface area (Å²) in [7, 11) is 3.14. The number of hydrogen-bond acceptors (Lipinski definition) is 5. The van der Waals surface area contributed by atoms with Crippen molar-refractivity contribution in [2.24, 2.45) is 5.92 Å². The highest BCUT2D eigenvalue weighted by molar-refractivity contribution is 6.00. The molecule has 2 aliphatic heterocycles. The van der Waals surface area contributed by atoms with E-state index >= 15 is 0 Å². The number of amides is 2. The number of methoxy groups -OCH3 is 2.